The van der Waals surface area contributed by atoms with Crippen molar-refractivity contribution in [2.45, 2.75) is 13.5 Å². The van der Waals surface area contributed by atoms with Crippen LogP contribution in [0.5, 0.6) is 0 Å². The number of hydrogen-bond donors (Lipinski definition) is 4. The maximum absolute atomic E-state index is 11.2. The SMILES string of the molecule is Cc1[nH]ncc1CNc1cc2[nH]c(=O)[nH]c2cc1Br. The highest BCUT2D eigenvalue weighted by Crippen LogP contribution is 2.26. The molecule has 0 aliphatic rings. The monoisotopic (exact) mass is 321 g/mol. The van der Waals surface area contributed by atoms with E-state index in [0.717, 1.165) is 32.5 Å². The number of nitrogens with one attached hydrogen (secondary N) is 4. The third-order valence-corrected chi connectivity index (χ3v) is 3.66. The fraction of sp³-hybridized carbons (Fsp3) is 0.167. The highest BCUT2D eigenvalue weighted by molar-refractivity contribution is 9.10. The molecule has 19 heavy (non-hydrogen) atoms. The molecule has 0 saturated carbocycles. The third-order valence-electron chi connectivity index (χ3n) is 3.01. The average molecular weight is 322 g/mol. The van der Waals surface area contributed by atoms with Crippen LogP contribution >= 0.6 is 15.9 Å². The Balaban J connectivity index is 1.90. The van der Waals surface area contributed by atoms with Gasteiger partial charge in [-0.25, -0.2) is 4.79 Å². The lowest BCUT2D eigenvalue weighted by Crippen LogP contribution is -2.00. The van der Waals surface area contributed by atoms with Gasteiger partial charge in [0, 0.05) is 22.3 Å². The van der Waals surface area contributed by atoms with Gasteiger partial charge in [-0.1, -0.05) is 0 Å². The van der Waals surface area contributed by atoms with Crippen molar-refractivity contribution in [1.29, 1.82) is 0 Å². The molecule has 3 rings (SSSR count). The summed E-state index contributed by atoms with van der Waals surface area (Å²) in [6.07, 6.45) is 1.80. The van der Waals surface area contributed by atoms with Gasteiger partial charge in [0.2, 0.25) is 0 Å². The Bertz CT molecular complexity index is 785. The molecule has 2 aromatic heterocycles. The molecule has 0 atom stereocenters. The summed E-state index contributed by atoms with van der Waals surface area (Å²) in [6.45, 7) is 2.65. The van der Waals surface area contributed by atoms with Gasteiger partial charge in [0.05, 0.1) is 22.9 Å². The average Bonchev–Trinajstić information content (AvgIpc) is 2.91. The molecule has 6 nitrogen and oxygen atoms in total. The Labute approximate surface area is 116 Å². The molecule has 0 unspecified atom stereocenters. The van der Waals surface area contributed by atoms with Gasteiger partial charge in [0.25, 0.3) is 0 Å². The van der Waals surface area contributed by atoms with Crippen LogP contribution in [0.4, 0.5) is 5.69 Å². The predicted molar refractivity (Wildman–Crippen MR) is 77.3 cm³/mol. The first-order chi connectivity index (χ1) is 9.13. The number of anilines is 1. The summed E-state index contributed by atoms with van der Waals surface area (Å²) in [5.41, 5.74) is 4.42. The molecule has 0 radical (unpaired) electrons. The zero-order chi connectivity index (χ0) is 13.4. The van der Waals surface area contributed by atoms with Gasteiger partial charge in [0.15, 0.2) is 0 Å². The zero-order valence-electron chi connectivity index (χ0n) is 10.2. The summed E-state index contributed by atoms with van der Waals surface area (Å²) < 4.78 is 0.899. The van der Waals surface area contributed by atoms with Crippen molar-refractivity contribution in [3.63, 3.8) is 0 Å². The molecular formula is C12H12BrN5O. The summed E-state index contributed by atoms with van der Waals surface area (Å²) in [5, 5.41) is 10.2. The van der Waals surface area contributed by atoms with Crippen LogP contribution < -0.4 is 11.0 Å². The van der Waals surface area contributed by atoms with Crippen molar-refractivity contribution in [2.24, 2.45) is 0 Å². The number of aryl methyl sites for hydroxylation is 1. The molecule has 0 amide bonds. The number of H-pyrrole nitrogens is 3. The van der Waals surface area contributed by atoms with Gasteiger partial charge in [-0.3, -0.25) is 5.10 Å². The highest BCUT2D eigenvalue weighted by atomic mass is 79.9. The first kappa shape index (κ1) is 12.0. The number of aromatic amines is 3. The Morgan fingerprint density at radius 1 is 1.32 bits per heavy atom. The molecule has 0 spiro atoms. The van der Waals surface area contributed by atoms with Gasteiger partial charge in [-0.15, -0.1) is 0 Å². The van der Waals surface area contributed by atoms with E-state index >= 15 is 0 Å². The molecule has 3 aromatic rings. The van der Waals surface area contributed by atoms with E-state index in [2.05, 4.69) is 41.4 Å². The van der Waals surface area contributed by atoms with Crippen LogP contribution in [-0.2, 0) is 6.54 Å². The highest BCUT2D eigenvalue weighted by Gasteiger charge is 2.06. The number of aromatic nitrogens is 4. The van der Waals surface area contributed by atoms with Crippen molar-refractivity contribution < 1.29 is 0 Å². The van der Waals surface area contributed by atoms with Crippen LogP contribution in [0.25, 0.3) is 11.0 Å². The van der Waals surface area contributed by atoms with Crippen molar-refractivity contribution in [3.05, 3.63) is 44.5 Å². The maximum atomic E-state index is 11.2. The lowest BCUT2D eigenvalue weighted by atomic mass is 10.2. The minimum atomic E-state index is -0.204. The van der Waals surface area contributed by atoms with E-state index < -0.39 is 0 Å². The number of hydrogen-bond acceptors (Lipinski definition) is 3. The maximum Gasteiger partial charge on any atom is 0.323 e. The zero-order valence-corrected chi connectivity index (χ0v) is 11.8. The van der Waals surface area contributed by atoms with Gasteiger partial charge < -0.3 is 15.3 Å². The minimum absolute atomic E-state index is 0.204. The van der Waals surface area contributed by atoms with Crippen molar-refractivity contribution in [2.75, 3.05) is 5.32 Å². The van der Waals surface area contributed by atoms with E-state index in [1.165, 1.54) is 0 Å². The molecule has 0 fully saturated rings. The van der Waals surface area contributed by atoms with Crippen molar-refractivity contribution >= 4 is 32.7 Å². The quantitative estimate of drug-likeness (QED) is 0.596. The van der Waals surface area contributed by atoms with Gasteiger partial charge in [-0.05, 0) is 35.0 Å². The van der Waals surface area contributed by atoms with E-state index in [0.29, 0.717) is 6.54 Å². The van der Waals surface area contributed by atoms with Gasteiger partial charge in [-0.2, -0.15) is 5.10 Å². The van der Waals surface area contributed by atoms with Gasteiger partial charge >= 0.3 is 5.69 Å². The van der Waals surface area contributed by atoms with E-state index in [-0.39, 0.29) is 5.69 Å². The Kier molecular flexibility index (Phi) is 2.90. The standard InChI is InChI=1S/C12H12BrN5O/c1-6-7(5-15-18-6)4-14-9-3-11-10(2-8(9)13)16-12(19)17-11/h2-3,5,14H,4H2,1H3,(H,15,18)(H2,16,17,19). The molecule has 0 bridgehead atoms. The van der Waals surface area contributed by atoms with Crippen LogP contribution in [0.3, 0.4) is 0 Å². The second-order valence-electron chi connectivity index (χ2n) is 4.33. The molecule has 4 N–H and O–H groups in total. The lowest BCUT2D eigenvalue weighted by molar-refractivity contribution is 1.04. The predicted octanol–water partition coefficient (Wildman–Crippen LogP) is 2.26. The molecule has 0 aliphatic heterocycles. The lowest BCUT2D eigenvalue weighted by Gasteiger charge is -2.08. The first-order valence-corrected chi connectivity index (χ1v) is 6.57. The number of fused-ring (bicyclic) bond motifs is 1. The fourth-order valence-corrected chi connectivity index (χ4v) is 2.42. The summed E-state index contributed by atoms with van der Waals surface area (Å²) in [6, 6.07) is 3.77. The molecule has 2 heterocycles. The smallest absolute Gasteiger partial charge is 0.323 e. The van der Waals surface area contributed by atoms with E-state index in [1.807, 2.05) is 19.1 Å². The van der Waals surface area contributed by atoms with Crippen molar-refractivity contribution in [3.8, 4) is 0 Å². The van der Waals surface area contributed by atoms with Crippen molar-refractivity contribution in [1.82, 2.24) is 20.2 Å². The molecule has 0 aliphatic carbocycles. The van der Waals surface area contributed by atoms with E-state index in [1.54, 1.807) is 6.20 Å². The normalized spacial score (nSPS) is 11.1. The first-order valence-electron chi connectivity index (χ1n) is 5.78. The van der Waals surface area contributed by atoms with Crippen LogP contribution in [0, 0.1) is 6.92 Å². The number of imidazole rings is 1. The number of rotatable bonds is 3. The Morgan fingerprint density at radius 2 is 2.05 bits per heavy atom. The number of nitrogens with zero attached hydrogens (tertiary/aromatic N) is 1. The van der Waals surface area contributed by atoms with E-state index in [4.69, 9.17) is 0 Å². The van der Waals surface area contributed by atoms with Gasteiger partial charge in [0.1, 0.15) is 0 Å². The van der Waals surface area contributed by atoms with Crippen LogP contribution in [-0.4, -0.2) is 20.2 Å². The van der Waals surface area contributed by atoms with Crippen LogP contribution in [0.15, 0.2) is 27.6 Å². The topological polar surface area (TPSA) is 89.4 Å². The fourth-order valence-electron chi connectivity index (χ4n) is 1.94. The molecule has 0 saturated heterocycles. The number of benzene rings is 1. The second-order valence-corrected chi connectivity index (χ2v) is 5.18. The van der Waals surface area contributed by atoms with E-state index in [9.17, 15) is 4.79 Å². The minimum Gasteiger partial charge on any atom is -0.380 e. The summed E-state index contributed by atoms with van der Waals surface area (Å²) >= 11 is 3.49. The Hall–Kier alpha value is -2.02. The largest absolute Gasteiger partial charge is 0.380 e. The molecule has 7 heteroatoms. The summed E-state index contributed by atoms with van der Waals surface area (Å²) in [7, 11) is 0. The second kappa shape index (κ2) is 4.58. The number of halogens is 1. The summed E-state index contributed by atoms with van der Waals surface area (Å²) in [5.74, 6) is 0. The summed E-state index contributed by atoms with van der Waals surface area (Å²) in [4.78, 5) is 16.7. The Morgan fingerprint density at radius 3 is 2.74 bits per heavy atom. The molecule has 1 aromatic carbocycles. The van der Waals surface area contributed by atoms with Crippen LogP contribution in [0.1, 0.15) is 11.3 Å². The molecular weight excluding hydrogens is 310 g/mol. The third kappa shape index (κ3) is 2.28. The van der Waals surface area contributed by atoms with Crippen LogP contribution in [0.2, 0.25) is 0 Å². The molecule has 98 valence electrons.